The fourth-order valence-corrected chi connectivity index (χ4v) is 2.32. The number of aliphatic carboxylic acids is 1. The summed E-state index contributed by atoms with van der Waals surface area (Å²) in [4.78, 5) is 10.5. The van der Waals surface area contributed by atoms with Crippen LogP contribution in [0.15, 0.2) is 33.9 Å². The Hall–Kier alpha value is -1.54. The van der Waals surface area contributed by atoms with Gasteiger partial charge in [-0.3, -0.25) is 4.79 Å². The van der Waals surface area contributed by atoms with Crippen LogP contribution in [-0.4, -0.2) is 31.6 Å². The quantitative estimate of drug-likeness (QED) is 0.799. The highest BCUT2D eigenvalue weighted by atomic mass is 79.9. The zero-order valence-electron chi connectivity index (χ0n) is 10.6. The fraction of sp³-hybridized carbons (Fsp3) is 0.250. The summed E-state index contributed by atoms with van der Waals surface area (Å²) in [6, 6.07) is 7.47. The minimum atomic E-state index is -0.884. The fourth-order valence-electron chi connectivity index (χ4n) is 1.40. The Morgan fingerprint density at radius 3 is 2.75 bits per heavy atom. The number of aromatic nitrogens is 3. The van der Waals surface area contributed by atoms with Crippen LogP contribution in [0.1, 0.15) is 5.82 Å². The molecule has 0 atom stereocenters. The summed E-state index contributed by atoms with van der Waals surface area (Å²) >= 11 is 4.48. The molecule has 0 spiro atoms. The van der Waals surface area contributed by atoms with Crippen molar-refractivity contribution in [1.29, 1.82) is 0 Å². The zero-order valence-corrected chi connectivity index (χ0v) is 13.0. The van der Waals surface area contributed by atoms with Crippen LogP contribution in [0.2, 0.25) is 0 Å². The summed E-state index contributed by atoms with van der Waals surface area (Å²) < 4.78 is 8.31. The van der Waals surface area contributed by atoms with Crippen molar-refractivity contribution in [2.75, 3.05) is 5.75 Å². The molecule has 0 aliphatic carbocycles. The molecule has 0 saturated carbocycles. The average Bonchev–Trinajstić information content (AvgIpc) is 2.77. The number of carbonyl (C=O) groups is 1. The van der Waals surface area contributed by atoms with Crippen molar-refractivity contribution in [3.8, 4) is 5.75 Å². The first-order valence-electron chi connectivity index (χ1n) is 5.67. The summed E-state index contributed by atoms with van der Waals surface area (Å²) in [6.45, 7) is 0.277. The van der Waals surface area contributed by atoms with Crippen LogP contribution < -0.4 is 4.74 Å². The molecule has 8 heteroatoms. The van der Waals surface area contributed by atoms with Crippen LogP contribution in [0.3, 0.4) is 0 Å². The molecule has 6 nitrogen and oxygen atoms in total. The Kier molecular flexibility index (Phi) is 5.02. The summed E-state index contributed by atoms with van der Waals surface area (Å²) in [7, 11) is 1.78. The molecule has 2 rings (SSSR count). The predicted molar refractivity (Wildman–Crippen MR) is 77.8 cm³/mol. The topological polar surface area (TPSA) is 77.2 Å². The molecule has 1 N–H and O–H groups in total. The number of hydrogen-bond donors (Lipinski definition) is 1. The maximum atomic E-state index is 10.5. The van der Waals surface area contributed by atoms with Gasteiger partial charge in [-0.15, -0.1) is 10.2 Å². The van der Waals surface area contributed by atoms with Crippen LogP contribution >= 0.6 is 27.7 Å². The minimum Gasteiger partial charge on any atom is -0.486 e. The van der Waals surface area contributed by atoms with Crippen molar-refractivity contribution in [2.45, 2.75) is 11.8 Å². The first kappa shape index (κ1) is 14.9. The Balaban J connectivity index is 1.96. The molecule has 1 heterocycles. The van der Waals surface area contributed by atoms with E-state index in [1.54, 1.807) is 11.6 Å². The van der Waals surface area contributed by atoms with Crippen LogP contribution in [0, 0.1) is 0 Å². The third-order valence-electron chi connectivity index (χ3n) is 2.43. The highest BCUT2D eigenvalue weighted by Gasteiger charge is 2.11. The van der Waals surface area contributed by atoms with Crippen molar-refractivity contribution < 1.29 is 14.6 Å². The molecule has 1 aromatic carbocycles. The lowest BCUT2D eigenvalue weighted by molar-refractivity contribution is -0.133. The highest BCUT2D eigenvalue weighted by Crippen LogP contribution is 2.19. The average molecular weight is 358 g/mol. The van der Waals surface area contributed by atoms with Crippen molar-refractivity contribution in [2.24, 2.45) is 7.05 Å². The van der Waals surface area contributed by atoms with Gasteiger partial charge in [-0.05, 0) is 24.3 Å². The summed E-state index contributed by atoms with van der Waals surface area (Å²) in [5.41, 5.74) is 0. The Morgan fingerprint density at radius 1 is 1.40 bits per heavy atom. The molecule has 0 amide bonds. The van der Waals surface area contributed by atoms with E-state index in [1.165, 1.54) is 0 Å². The van der Waals surface area contributed by atoms with E-state index in [0.29, 0.717) is 11.0 Å². The van der Waals surface area contributed by atoms with E-state index in [9.17, 15) is 4.79 Å². The molecule has 0 saturated heterocycles. The van der Waals surface area contributed by atoms with Crippen molar-refractivity contribution >= 4 is 33.7 Å². The third-order valence-corrected chi connectivity index (χ3v) is 3.97. The van der Waals surface area contributed by atoms with Gasteiger partial charge in [0.15, 0.2) is 11.0 Å². The number of carboxylic acid groups (broad SMARTS) is 1. The Labute approximate surface area is 128 Å². The molecule has 20 heavy (non-hydrogen) atoms. The van der Waals surface area contributed by atoms with E-state index in [4.69, 9.17) is 9.84 Å². The first-order chi connectivity index (χ1) is 9.56. The number of nitrogens with zero attached hydrogens (tertiary/aromatic N) is 3. The van der Waals surface area contributed by atoms with Gasteiger partial charge in [0.25, 0.3) is 0 Å². The van der Waals surface area contributed by atoms with Gasteiger partial charge in [0, 0.05) is 11.5 Å². The minimum absolute atomic E-state index is 0.0421. The van der Waals surface area contributed by atoms with Gasteiger partial charge < -0.3 is 14.4 Å². The normalized spacial score (nSPS) is 10.5. The Morgan fingerprint density at radius 2 is 2.10 bits per heavy atom. The second-order valence-corrected chi connectivity index (χ2v) is 5.74. The molecule has 0 aliphatic rings. The van der Waals surface area contributed by atoms with Crippen molar-refractivity contribution in [1.82, 2.24) is 14.8 Å². The molecule has 0 radical (unpaired) electrons. The molecule has 1 aromatic heterocycles. The standard InChI is InChI=1S/C12H12BrN3O3S/c1-16-10(14-15-12(16)20-7-11(17)18)6-19-9-4-2-8(13)3-5-9/h2-5H,6-7H2,1H3,(H,17,18). The van der Waals surface area contributed by atoms with Crippen molar-refractivity contribution in [3.63, 3.8) is 0 Å². The number of hydrogen-bond acceptors (Lipinski definition) is 5. The smallest absolute Gasteiger partial charge is 0.313 e. The zero-order chi connectivity index (χ0) is 14.5. The summed E-state index contributed by atoms with van der Waals surface area (Å²) in [5, 5.41) is 17.1. The monoisotopic (exact) mass is 357 g/mol. The van der Waals surface area contributed by atoms with E-state index in [0.717, 1.165) is 22.0 Å². The maximum Gasteiger partial charge on any atom is 0.313 e. The van der Waals surface area contributed by atoms with Crippen LogP contribution in [0.5, 0.6) is 5.75 Å². The SMILES string of the molecule is Cn1c(COc2ccc(Br)cc2)nnc1SCC(=O)O. The Bertz CT molecular complexity index is 600. The number of carboxylic acids is 1. The van der Waals surface area contributed by atoms with E-state index in [-0.39, 0.29) is 12.4 Å². The number of halogens is 1. The van der Waals surface area contributed by atoms with E-state index in [1.807, 2.05) is 24.3 Å². The number of rotatable bonds is 6. The van der Waals surface area contributed by atoms with Crippen LogP contribution in [0.4, 0.5) is 0 Å². The van der Waals surface area contributed by atoms with E-state index < -0.39 is 5.97 Å². The maximum absolute atomic E-state index is 10.5. The lowest BCUT2D eigenvalue weighted by Crippen LogP contribution is -2.05. The second-order valence-electron chi connectivity index (χ2n) is 3.88. The number of thioether (sulfide) groups is 1. The van der Waals surface area contributed by atoms with Gasteiger partial charge in [-0.1, -0.05) is 27.7 Å². The largest absolute Gasteiger partial charge is 0.486 e. The number of benzene rings is 1. The highest BCUT2D eigenvalue weighted by molar-refractivity contribution is 9.10. The number of ether oxygens (including phenoxy) is 1. The second kappa shape index (κ2) is 6.76. The van der Waals surface area contributed by atoms with E-state index in [2.05, 4.69) is 26.1 Å². The van der Waals surface area contributed by atoms with Crippen molar-refractivity contribution in [3.05, 3.63) is 34.6 Å². The van der Waals surface area contributed by atoms with Crippen LogP contribution in [-0.2, 0) is 18.4 Å². The van der Waals surface area contributed by atoms with Gasteiger partial charge in [0.2, 0.25) is 0 Å². The third kappa shape index (κ3) is 3.97. The molecule has 106 valence electrons. The van der Waals surface area contributed by atoms with Gasteiger partial charge in [0.1, 0.15) is 12.4 Å². The first-order valence-corrected chi connectivity index (χ1v) is 7.45. The predicted octanol–water partition coefficient (Wildman–Crippen LogP) is 2.33. The molecule has 0 aliphatic heterocycles. The lowest BCUT2D eigenvalue weighted by Gasteiger charge is -2.06. The lowest BCUT2D eigenvalue weighted by atomic mass is 10.3. The molecule has 0 fully saturated rings. The van der Waals surface area contributed by atoms with E-state index >= 15 is 0 Å². The molecule has 0 unspecified atom stereocenters. The molecule has 0 bridgehead atoms. The molecular formula is C12H12BrN3O3S. The molecular weight excluding hydrogens is 346 g/mol. The van der Waals surface area contributed by atoms with Gasteiger partial charge in [0.05, 0.1) is 5.75 Å². The summed E-state index contributed by atoms with van der Waals surface area (Å²) in [6.07, 6.45) is 0. The molecule has 2 aromatic rings. The summed E-state index contributed by atoms with van der Waals surface area (Å²) in [5.74, 6) is 0.446. The van der Waals surface area contributed by atoms with Gasteiger partial charge in [-0.2, -0.15) is 0 Å². The van der Waals surface area contributed by atoms with Gasteiger partial charge in [-0.25, -0.2) is 0 Å². The van der Waals surface area contributed by atoms with Crippen LogP contribution in [0.25, 0.3) is 0 Å². The van der Waals surface area contributed by atoms with Gasteiger partial charge >= 0.3 is 5.97 Å².